The smallest absolute Gasteiger partial charge is 0.410 e. The number of rotatable bonds is 5. The summed E-state index contributed by atoms with van der Waals surface area (Å²) in [5.74, 6) is 0.508. The van der Waals surface area contributed by atoms with Gasteiger partial charge in [0.25, 0.3) is 0 Å². The number of piperidine rings is 1. The number of pyridine rings is 1. The van der Waals surface area contributed by atoms with E-state index >= 15 is 0 Å². The van der Waals surface area contributed by atoms with E-state index in [0.717, 1.165) is 39.0 Å². The zero-order valence-electron chi connectivity index (χ0n) is 14.5. The number of nitrogens with one attached hydrogen (secondary N) is 1. The lowest BCUT2D eigenvalue weighted by Crippen LogP contribution is -2.45. The molecule has 128 valence electrons. The fourth-order valence-electron chi connectivity index (χ4n) is 2.81. The molecule has 1 aliphatic rings. The van der Waals surface area contributed by atoms with E-state index in [4.69, 9.17) is 4.74 Å². The van der Waals surface area contributed by atoms with Crippen LogP contribution in [0.15, 0.2) is 24.5 Å². The van der Waals surface area contributed by atoms with Gasteiger partial charge >= 0.3 is 6.09 Å². The Labute approximate surface area is 139 Å². The van der Waals surface area contributed by atoms with Gasteiger partial charge in [-0.25, -0.2) is 4.79 Å². The normalized spacial score (nSPS) is 18.7. The van der Waals surface area contributed by atoms with Gasteiger partial charge in [0, 0.05) is 25.5 Å². The summed E-state index contributed by atoms with van der Waals surface area (Å²) in [6, 6.07) is 4.10. The third-order valence-electron chi connectivity index (χ3n) is 3.94. The van der Waals surface area contributed by atoms with E-state index in [2.05, 4.69) is 10.3 Å². The van der Waals surface area contributed by atoms with E-state index in [1.165, 1.54) is 12.0 Å². The largest absolute Gasteiger partial charge is 0.444 e. The molecule has 1 fully saturated rings. The number of hydrogen-bond donors (Lipinski definition) is 1. The minimum atomic E-state index is -0.424. The van der Waals surface area contributed by atoms with E-state index in [1.54, 1.807) is 0 Å². The van der Waals surface area contributed by atoms with Gasteiger partial charge in [-0.15, -0.1) is 0 Å². The van der Waals surface area contributed by atoms with Gasteiger partial charge in [0.1, 0.15) is 5.60 Å². The van der Waals surface area contributed by atoms with Crippen molar-refractivity contribution < 1.29 is 9.53 Å². The maximum Gasteiger partial charge on any atom is 0.410 e. The molecule has 1 aromatic rings. The fraction of sp³-hybridized carbons (Fsp3) is 0.667. The molecule has 1 amide bonds. The minimum absolute atomic E-state index is 0.181. The number of nitrogens with zero attached hydrogens (tertiary/aromatic N) is 2. The van der Waals surface area contributed by atoms with E-state index in [0.29, 0.717) is 5.92 Å². The summed E-state index contributed by atoms with van der Waals surface area (Å²) >= 11 is 0. The highest BCUT2D eigenvalue weighted by Gasteiger charge is 2.27. The molecule has 1 aliphatic heterocycles. The molecule has 0 spiro atoms. The summed E-state index contributed by atoms with van der Waals surface area (Å²) in [7, 11) is 0. The first kappa shape index (κ1) is 17.7. The van der Waals surface area contributed by atoms with Crippen molar-refractivity contribution in [2.24, 2.45) is 5.92 Å². The number of amides is 1. The van der Waals surface area contributed by atoms with Gasteiger partial charge in [-0.1, -0.05) is 0 Å². The second kappa shape index (κ2) is 8.29. The van der Waals surface area contributed by atoms with Crippen LogP contribution in [-0.2, 0) is 11.2 Å². The molecule has 2 rings (SSSR count). The van der Waals surface area contributed by atoms with Crippen LogP contribution in [0, 0.1) is 5.92 Å². The predicted octanol–water partition coefficient (Wildman–Crippen LogP) is 2.86. The summed E-state index contributed by atoms with van der Waals surface area (Å²) in [6.45, 7) is 9.23. The minimum Gasteiger partial charge on any atom is -0.444 e. The molecule has 23 heavy (non-hydrogen) atoms. The van der Waals surface area contributed by atoms with Crippen molar-refractivity contribution in [2.75, 3.05) is 26.2 Å². The molecule has 1 unspecified atom stereocenters. The van der Waals surface area contributed by atoms with Crippen molar-refractivity contribution >= 4 is 6.09 Å². The van der Waals surface area contributed by atoms with Gasteiger partial charge in [-0.3, -0.25) is 4.98 Å². The topological polar surface area (TPSA) is 54.5 Å². The van der Waals surface area contributed by atoms with Crippen molar-refractivity contribution in [2.45, 2.75) is 45.6 Å². The average Bonchev–Trinajstić information content (AvgIpc) is 2.51. The Bertz CT molecular complexity index is 485. The zero-order chi connectivity index (χ0) is 16.7. The highest BCUT2D eigenvalue weighted by atomic mass is 16.6. The molecule has 1 N–H and O–H groups in total. The Kier molecular flexibility index (Phi) is 6.39. The summed E-state index contributed by atoms with van der Waals surface area (Å²) in [6.07, 6.45) is 6.70. The van der Waals surface area contributed by atoms with Crippen molar-refractivity contribution in [3.05, 3.63) is 30.1 Å². The van der Waals surface area contributed by atoms with Crippen LogP contribution >= 0.6 is 0 Å². The Morgan fingerprint density at radius 2 is 2.13 bits per heavy atom. The van der Waals surface area contributed by atoms with Crippen molar-refractivity contribution in [3.63, 3.8) is 0 Å². The summed E-state index contributed by atoms with van der Waals surface area (Å²) in [5, 5.41) is 3.51. The number of likely N-dealkylation sites (tertiary alicyclic amines) is 1. The third kappa shape index (κ3) is 6.57. The van der Waals surface area contributed by atoms with Crippen LogP contribution in [0.2, 0.25) is 0 Å². The highest BCUT2D eigenvalue weighted by molar-refractivity contribution is 5.68. The lowest BCUT2D eigenvalue weighted by molar-refractivity contribution is 0.0166. The lowest BCUT2D eigenvalue weighted by atomic mass is 9.98. The molecule has 0 aromatic carbocycles. The van der Waals surface area contributed by atoms with Crippen LogP contribution in [-0.4, -0.2) is 47.8 Å². The molecule has 0 bridgehead atoms. The van der Waals surface area contributed by atoms with Crippen LogP contribution in [0.5, 0.6) is 0 Å². The summed E-state index contributed by atoms with van der Waals surface area (Å²) in [4.78, 5) is 18.0. The maximum absolute atomic E-state index is 12.2. The molecule has 5 nitrogen and oxygen atoms in total. The van der Waals surface area contributed by atoms with Gasteiger partial charge in [-0.2, -0.15) is 0 Å². The van der Waals surface area contributed by atoms with Crippen molar-refractivity contribution in [1.29, 1.82) is 0 Å². The van der Waals surface area contributed by atoms with Gasteiger partial charge < -0.3 is 15.0 Å². The molecular weight excluding hydrogens is 290 g/mol. The highest BCUT2D eigenvalue weighted by Crippen LogP contribution is 2.18. The SMILES string of the molecule is CC(C)(C)OC(=O)N1CCCC(CNCCc2ccncc2)C1. The lowest BCUT2D eigenvalue weighted by Gasteiger charge is -2.34. The monoisotopic (exact) mass is 319 g/mol. The molecule has 5 heteroatoms. The molecule has 1 aromatic heterocycles. The quantitative estimate of drug-likeness (QED) is 0.848. The maximum atomic E-state index is 12.2. The Morgan fingerprint density at radius 1 is 1.39 bits per heavy atom. The molecule has 1 saturated heterocycles. The number of aromatic nitrogens is 1. The molecule has 0 aliphatic carbocycles. The van der Waals surface area contributed by atoms with Gasteiger partial charge in [0.05, 0.1) is 0 Å². The second-order valence-corrected chi connectivity index (χ2v) is 7.24. The molecule has 1 atom stereocenters. The predicted molar refractivity (Wildman–Crippen MR) is 91.3 cm³/mol. The van der Waals surface area contributed by atoms with Crippen LogP contribution < -0.4 is 5.32 Å². The first-order valence-corrected chi connectivity index (χ1v) is 8.51. The van der Waals surface area contributed by atoms with Gasteiger partial charge in [-0.05, 0) is 76.7 Å². The number of ether oxygens (including phenoxy) is 1. The standard InChI is InChI=1S/C18H29N3O2/c1-18(2,3)23-17(22)21-12-4-5-16(14-21)13-20-11-8-15-6-9-19-10-7-15/h6-7,9-10,16,20H,4-5,8,11-14H2,1-3H3. The number of hydrogen-bond acceptors (Lipinski definition) is 4. The molecule has 2 heterocycles. The van der Waals surface area contributed by atoms with E-state index in [-0.39, 0.29) is 6.09 Å². The Morgan fingerprint density at radius 3 is 2.83 bits per heavy atom. The van der Waals surface area contributed by atoms with Gasteiger partial charge in [0.15, 0.2) is 0 Å². The average molecular weight is 319 g/mol. The van der Waals surface area contributed by atoms with Crippen LogP contribution in [0.3, 0.4) is 0 Å². The van der Waals surface area contributed by atoms with E-state index < -0.39 is 5.60 Å². The van der Waals surface area contributed by atoms with Crippen molar-refractivity contribution in [1.82, 2.24) is 15.2 Å². The van der Waals surface area contributed by atoms with Crippen molar-refractivity contribution in [3.8, 4) is 0 Å². The van der Waals surface area contributed by atoms with Crippen LogP contribution in [0.1, 0.15) is 39.2 Å². The summed E-state index contributed by atoms with van der Waals surface area (Å²) in [5.41, 5.74) is 0.874. The first-order valence-electron chi connectivity index (χ1n) is 8.51. The molecular formula is C18H29N3O2. The summed E-state index contributed by atoms with van der Waals surface area (Å²) < 4.78 is 5.47. The van der Waals surface area contributed by atoms with E-state index in [9.17, 15) is 4.79 Å². The van der Waals surface area contributed by atoms with Crippen LogP contribution in [0.25, 0.3) is 0 Å². The first-order chi connectivity index (χ1) is 10.9. The third-order valence-corrected chi connectivity index (χ3v) is 3.94. The van der Waals surface area contributed by atoms with Crippen LogP contribution in [0.4, 0.5) is 4.79 Å². The number of carbonyl (C=O) groups is 1. The zero-order valence-corrected chi connectivity index (χ0v) is 14.5. The Hall–Kier alpha value is -1.62. The second-order valence-electron chi connectivity index (χ2n) is 7.24. The van der Waals surface area contributed by atoms with Gasteiger partial charge in [0.2, 0.25) is 0 Å². The Balaban J connectivity index is 1.68. The molecule has 0 radical (unpaired) electrons. The molecule has 0 saturated carbocycles. The number of carbonyl (C=O) groups excluding carboxylic acids is 1. The van der Waals surface area contributed by atoms with E-state index in [1.807, 2.05) is 50.2 Å². The fourth-order valence-corrected chi connectivity index (χ4v) is 2.81.